The lowest BCUT2D eigenvalue weighted by Crippen LogP contribution is -2.32. The minimum atomic E-state index is -0.538. The number of aromatic nitrogens is 2. The van der Waals surface area contributed by atoms with Crippen LogP contribution < -0.4 is 5.56 Å². The summed E-state index contributed by atoms with van der Waals surface area (Å²) in [4.78, 5) is 13.5. The summed E-state index contributed by atoms with van der Waals surface area (Å²) in [6.07, 6.45) is 3.42. The fourth-order valence-corrected chi connectivity index (χ4v) is 4.65. The summed E-state index contributed by atoms with van der Waals surface area (Å²) in [7, 11) is 0. The Morgan fingerprint density at radius 2 is 1.84 bits per heavy atom. The van der Waals surface area contributed by atoms with Crippen LogP contribution in [-0.4, -0.2) is 45.4 Å². The van der Waals surface area contributed by atoms with Crippen LogP contribution in [0.4, 0.5) is 0 Å². The Morgan fingerprint density at radius 3 is 2.48 bits per heavy atom. The van der Waals surface area contributed by atoms with Crippen LogP contribution in [0.1, 0.15) is 24.1 Å². The van der Waals surface area contributed by atoms with Gasteiger partial charge in [-0.2, -0.15) is 5.10 Å². The van der Waals surface area contributed by atoms with Crippen molar-refractivity contribution < 1.29 is 5.11 Å². The van der Waals surface area contributed by atoms with E-state index >= 15 is 0 Å². The maximum Gasteiger partial charge on any atom is 0.264 e. The number of hydrogen-bond donors (Lipinski definition) is 2. The number of rotatable bonds is 5. The summed E-state index contributed by atoms with van der Waals surface area (Å²) in [5.74, 6) is 1.19. The van der Waals surface area contributed by atoms with Gasteiger partial charge in [0.1, 0.15) is 0 Å². The molecule has 4 rings (SSSR count). The van der Waals surface area contributed by atoms with Crippen molar-refractivity contribution in [1.29, 1.82) is 0 Å². The highest BCUT2D eigenvalue weighted by atomic mass is 16.3. The van der Waals surface area contributed by atoms with Crippen LogP contribution in [0.2, 0.25) is 0 Å². The number of aliphatic hydroxyl groups is 1. The van der Waals surface area contributed by atoms with Gasteiger partial charge in [0.05, 0.1) is 11.3 Å². The molecule has 25 heavy (non-hydrogen) atoms. The second-order valence-electron chi connectivity index (χ2n) is 7.74. The highest BCUT2D eigenvalue weighted by Gasteiger charge is 2.47. The van der Waals surface area contributed by atoms with Gasteiger partial charge in [-0.25, -0.2) is 5.10 Å². The lowest BCUT2D eigenvalue weighted by molar-refractivity contribution is 0.0355. The summed E-state index contributed by atoms with van der Waals surface area (Å²) in [6, 6.07) is 13.7. The van der Waals surface area contributed by atoms with Gasteiger partial charge in [0.2, 0.25) is 0 Å². The van der Waals surface area contributed by atoms with Crippen molar-refractivity contribution in [3.05, 3.63) is 64.1 Å². The summed E-state index contributed by atoms with van der Waals surface area (Å²) >= 11 is 0. The molecule has 2 heterocycles. The van der Waals surface area contributed by atoms with Crippen molar-refractivity contribution in [2.45, 2.75) is 31.3 Å². The van der Waals surface area contributed by atoms with Gasteiger partial charge in [-0.1, -0.05) is 30.3 Å². The monoisotopic (exact) mass is 339 g/mol. The molecule has 1 aliphatic heterocycles. The molecule has 1 unspecified atom stereocenters. The van der Waals surface area contributed by atoms with Crippen molar-refractivity contribution >= 4 is 0 Å². The number of likely N-dealkylation sites (tertiary alicyclic amines) is 1. The van der Waals surface area contributed by atoms with Crippen molar-refractivity contribution in [1.82, 2.24) is 15.1 Å². The highest BCUT2D eigenvalue weighted by molar-refractivity contribution is 5.18. The van der Waals surface area contributed by atoms with E-state index in [-0.39, 0.29) is 5.56 Å². The van der Waals surface area contributed by atoms with Crippen LogP contribution in [0.25, 0.3) is 0 Å². The predicted octanol–water partition coefficient (Wildman–Crippen LogP) is 1.63. The third-order valence-electron chi connectivity index (χ3n) is 5.73. The minimum Gasteiger partial charge on any atom is -0.390 e. The molecule has 132 valence electrons. The van der Waals surface area contributed by atoms with E-state index in [1.807, 2.05) is 18.2 Å². The lowest BCUT2D eigenvalue weighted by atomic mass is 9.91. The molecule has 1 saturated heterocycles. The summed E-state index contributed by atoms with van der Waals surface area (Å²) in [6.45, 7) is 3.08. The van der Waals surface area contributed by atoms with Crippen LogP contribution in [0.3, 0.4) is 0 Å². The van der Waals surface area contributed by atoms with Crippen molar-refractivity contribution in [2.75, 3.05) is 19.6 Å². The minimum absolute atomic E-state index is 0.155. The van der Waals surface area contributed by atoms with Crippen LogP contribution in [0, 0.1) is 11.8 Å². The van der Waals surface area contributed by atoms with Gasteiger partial charge >= 0.3 is 0 Å². The molecule has 0 radical (unpaired) electrons. The lowest BCUT2D eigenvalue weighted by Gasteiger charge is -2.26. The van der Waals surface area contributed by atoms with E-state index in [1.54, 1.807) is 6.07 Å². The summed E-state index contributed by atoms with van der Waals surface area (Å²) in [5.41, 5.74) is 1.46. The van der Waals surface area contributed by atoms with Crippen molar-refractivity contribution in [2.24, 2.45) is 11.8 Å². The standard InChI is InChI=1S/C20H25N3O2/c24-19-7-6-18(21-22-19)8-9-23-13-16-11-20(25,12-17(16)14-23)10-15-4-2-1-3-5-15/h1-7,16-17,25H,8-14H2,(H,22,24)/t16-,17+,20?. The predicted molar refractivity (Wildman–Crippen MR) is 96.3 cm³/mol. The Hall–Kier alpha value is -1.98. The molecule has 1 aromatic heterocycles. The van der Waals surface area contributed by atoms with Crippen LogP contribution in [-0.2, 0) is 12.8 Å². The Kier molecular flexibility index (Phi) is 4.44. The molecule has 5 heteroatoms. The largest absolute Gasteiger partial charge is 0.390 e. The van der Waals surface area contributed by atoms with Gasteiger partial charge in [0, 0.05) is 38.5 Å². The summed E-state index contributed by atoms with van der Waals surface area (Å²) in [5, 5.41) is 17.6. The molecule has 1 saturated carbocycles. The number of benzene rings is 1. The Bertz CT molecular complexity index is 740. The van der Waals surface area contributed by atoms with Gasteiger partial charge in [0.15, 0.2) is 0 Å². The molecule has 2 aliphatic rings. The van der Waals surface area contributed by atoms with E-state index in [9.17, 15) is 9.90 Å². The molecule has 3 atom stereocenters. The van der Waals surface area contributed by atoms with Gasteiger partial charge < -0.3 is 10.0 Å². The fourth-order valence-electron chi connectivity index (χ4n) is 4.65. The number of fused-ring (bicyclic) bond motifs is 1. The van der Waals surface area contributed by atoms with E-state index in [1.165, 1.54) is 11.6 Å². The average Bonchev–Trinajstić information content (AvgIpc) is 3.09. The molecule has 2 aromatic rings. The first-order valence-electron chi connectivity index (χ1n) is 9.13. The highest BCUT2D eigenvalue weighted by Crippen LogP contribution is 2.45. The Labute approximate surface area is 147 Å². The van der Waals surface area contributed by atoms with Gasteiger partial charge in [-0.05, 0) is 36.3 Å². The van der Waals surface area contributed by atoms with Crippen LogP contribution in [0.15, 0.2) is 47.3 Å². The van der Waals surface area contributed by atoms with Crippen LogP contribution >= 0.6 is 0 Å². The van der Waals surface area contributed by atoms with E-state index in [2.05, 4.69) is 27.2 Å². The molecule has 0 bridgehead atoms. The van der Waals surface area contributed by atoms with Gasteiger partial charge in [-0.15, -0.1) is 0 Å². The van der Waals surface area contributed by atoms with Crippen molar-refractivity contribution in [3.8, 4) is 0 Å². The zero-order valence-electron chi connectivity index (χ0n) is 14.4. The van der Waals surface area contributed by atoms with E-state index in [4.69, 9.17) is 0 Å². The number of nitrogens with one attached hydrogen (secondary N) is 1. The van der Waals surface area contributed by atoms with E-state index in [0.29, 0.717) is 11.8 Å². The SMILES string of the molecule is O=c1ccc(CCN2C[C@@H]3CC(O)(Cc4ccccc4)C[C@@H]3C2)n[nH]1. The number of hydrogen-bond acceptors (Lipinski definition) is 4. The quantitative estimate of drug-likeness (QED) is 0.869. The van der Waals surface area contributed by atoms with E-state index in [0.717, 1.165) is 51.0 Å². The molecular formula is C20H25N3O2. The Balaban J connectivity index is 1.30. The third kappa shape index (κ3) is 3.83. The smallest absolute Gasteiger partial charge is 0.264 e. The normalized spacial score (nSPS) is 29.0. The van der Waals surface area contributed by atoms with E-state index < -0.39 is 5.60 Å². The second kappa shape index (κ2) is 6.73. The molecule has 1 aliphatic carbocycles. The molecular weight excluding hydrogens is 314 g/mol. The fraction of sp³-hybridized carbons (Fsp3) is 0.500. The van der Waals surface area contributed by atoms with Crippen molar-refractivity contribution in [3.63, 3.8) is 0 Å². The summed E-state index contributed by atoms with van der Waals surface area (Å²) < 4.78 is 0. The first-order chi connectivity index (χ1) is 12.1. The Morgan fingerprint density at radius 1 is 1.12 bits per heavy atom. The molecule has 0 spiro atoms. The molecule has 1 aromatic carbocycles. The number of nitrogens with zero attached hydrogens (tertiary/aromatic N) is 2. The number of aromatic amines is 1. The second-order valence-corrected chi connectivity index (χ2v) is 7.74. The maximum absolute atomic E-state index is 11.1. The topological polar surface area (TPSA) is 69.2 Å². The van der Waals surface area contributed by atoms with Crippen LogP contribution in [0.5, 0.6) is 0 Å². The number of H-pyrrole nitrogens is 1. The zero-order chi connectivity index (χ0) is 17.3. The molecule has 2 fully saturated rings. The van der Waals surface area contributed by atoms with Gasteiger partial charge in [0.25, 0.3) is 5.56 Å². The maximum atomic E-state index is 11.1. The first kappa shape index (κ1) is 16.5. The average molecular weight is 339 g/mol. The molecule has 0 amide bonds. The zero-order valence-corrected chi connectivity index (χ0v) is 14.4. The third-order valence-corrected chi connectivity index (χ3v) is 5.73. The van der Waals surface area contributed by atoms with Gasteiger partial charge in [-0.3, -0.25) is 4.79 Å². The molecule has 2 N–H and O–H groups in total. The first-order valence-corrected chi connectivity index (χ1v) is 9.13. The molecule has 5 nitrogen and oxygen atoms in total.